The largest absolute Gasteiger partial charge is 0.431 e. The molecule has 0 aromatic rings. The third kappa shape index (κ3) is 5.83. The van der Waals surface area contributed by atoms with Crippen LogP contribution in [0.2, 0.25) is 18.6 Å². The van der Waals surface area contributed by atoms with E-state index in [0.29, 0.717) is 0 Å². The average Bonchev–Trinajstić information content (AvgIpc) is 2.02. The van der Waals surface area contributed by atoms with Gasteiger partial charge in [0.15, 0.2) is 8.32 Å². The molecule has 0 saturated heterocycles. The Morgan fingerprint density at radius 1 is 1.08 bits per heavy atom. The average molecular weight is 198 g/mol. The molecule has 0 radical (unpaired) electrons. The van der Waals surface area contributed by atoms with Gasteiger partial charge in [0.25, 0.3) is 0 Å². The minimum atomic E-state index is -2.03. The van der Waals surface area contributed by atoms with Gasteiger partial charge in [-0.3, -0.25) is 0 Å². The van der Waals surface area contributed by atoms with Crippen LogP contribution in [0.15, 0.2) is 24.3 Å². The van der Waals surface area contributed by atoms with E-state index in [4.69, 9.17) is 0 Å². The predicted molar refractivity (Wildman–Crippen MR) is 62.3 cm³/mol. The molecule has 0 bridgehead atoms. The van der Waals surface area contributed by atoms with E-state index in [0.717, 1.165) is 12.8 Å². The molecule has 0 aliphatic heterocycles. The Labute approximate surface area is 83.3 Å². The van der Waals surface area contributed by atoms with Crippen molar-refractivity contribution in [3.05, 3.63) is 24.3 Å². The molecule has 0 aromatic carbocycles. The second kappa shape index (κ2) is 6.16. The zero-order valence-electron chi connectivity index (χ0n) is 9.25. The summed E-state index contributed by atoms with van der Waals surface area (Å²) < 4.78 is 0. The first-order valence-electron chi connectivity index (χ1n) is 5.08. The first-order valence-corrected chi connectivity index (χ1v) is 8.10. The fraction of sp³-hybridized carbons (Fsp3) is 0.636. The minimum Gasteiger partial charge on any atom is -0.431 e. The minimum absolute atomic E-state index is 0.271. The predicted octanol–water partition coefficient (Wildman–Crippen LogP) is 3.49. The lowest BCUT2D eigenvalue weighted by Crippen LogP contribution is -2.30. The number of hydrogen-bond acceptors (Lipinski definition) is 1. The van der Waals surface area contributed by atoms with Crippen LogP contribution in [0.3, 0.4) is 0 Å². The summed E-state index contributed by atoms with van der Waals surface area (Å²) in [6.45, 7) is 8.20. The van der Waals surface area contributed by atoms with Gasteiger partial charge in [-0.15, -0.1) is 0 Å². The van der Waals surface area contributed by atoms with E-state index < -0.39 is 8.32 Å². The van der Waals surface area contributed by atoms with Crippen molar-refractivity contribution in [2.24, 2.45) is 0 Å². The zero-order chi connectivity index (χ0) is 10.3. The monoisotopic (exact) mass is 198 g/mol. The summed E-state index contributed by atoms with van der Waals surface area (Å²) in [6, 6.07) is 0. The van der Waals surface area contributed by atoms with Crippen molar-refractivity contribution in [2.45, 2.75) is 45.3 Å². The van der Waals surface area contributed by atoms with Crippen molar-refractivity contribution in [3.63, 3.8) is 0 Å². The molecule has 0 rings (SSSR count). The van der Waals surface area contributed by atoms with Crippen molar-refractivity contribution in [2.75, 3.05) is 0 Å². The van der Waals surface area contributed by atoms with Crippen LogP contribution in [0.1, 0.15) is 26.7 Å². The Hall–Kier alpha value is -0.343. The Morgan fingerprint density at radius 3 is 1.69 bits per heavy atom. The van der Waals surface area contributed by atoms with Gasteiger partial charge in [0.05, 0.1) is 0 Å². The lowest BCUT2D eigenvalue weighted by molar-refractivity contribution is 0.545. The Morgan fingerprint density at radius 2 is 1.46 bits per heavy atom. The van der Waals surface area contributed by atoms with Crippen LogP contribution in [0.5, 0.6) is 0 Å². The van der Waals surface area contributed by atoms with E-state index in [1.165, 1.54) is 0 Å². The maximum Gasteiger partial charge on any atom is 0.193 e. The molecule has 0 atom stereocenters. The van der Waals surface area contributed by atoms with Crippen LogP contribution < -0.4 is 0 Å². The van der Waals surface area contributed by atoms with Gasteiger partial charge >= 0.3 is 0 Å². The van der Waals surface area contributed by atoms with E-state index in [-0.39, 0.29) is 5.54 Å². The standard InChI is InChI=1S/C11H22OSi/c1-5-7-9-11(10-8-6-2)13(3,4)12/h7-12H,5-6H2,1-4H3/b9-7+,10-8+. The maximum atomic E-state index is 9.97. The first-order chi connectivity index (χ1) is 6.02. The SMILES string of the molecule is CC/C=C/C(/C=C/CC)[Si](C)(C)O. The summed E-state index contributed by atoms with van der Waals surface area (Å²) >= 11 is 0. The van der Waals surface area contributed by atoms with Gasteiger partial charge in [0.2, 0.25) is 0 Å². The van der Waals surface area contributed by atoms with Crippen LogP contribution in [0.25, 0.3) is 0 Å². The third-order valence-corrected chi connectivity index (χ3v) is 3.99. The number of hydrogen-bond donors (Lipinski definition) is 1. The highest BCUT2D eigenvalue weighted by atomic mass is 28.4. The van der Waals surface area contributed by atoms with Crippen LogP contribution in [-0.4, -0.2) is 13.1 Å². The Balaban J connectivity index is 4.37. The normalized spacial score (nSPS) is 13.7. The number of rotatable bonds is 5. The molecule has 0 spiro atoms. The third-order valence-electron chi connectivity index (χ3n) is 1.97. The molecular formula is C11H22OSi. The molecule has 1 N–H and O–H groups in total. The highest BCUT2D eigenvalue weighted by Crippen LogP contribution is 2.22. The van der Waals surface area contributed by atoms with Crippen molar-refractivity contribution >= 4 is 8.32 Å². The molecular weight excluding hydrogens is 176 g/mol. The Bertz CT molecular complexity index is 163. The maximum absolute atomic E-state index is 9.97. The topological polar surface area (TPSA) is 20.2 Å². The number of allylic oxidation sites excluding steroid dienone is 4. The smallest absolute Gasteiger partial charge is 0.193 e. The van der Waals surface area contributed by atoms with Crippen LogP contribution >= 0.6 is 0 Å². The van der Waals surface area contributed by atoms with Crippen molar-refractivity contribution in [3.8, 4) is 0 Å². The molecule has 0 saturated carbocycles. The van der Waals surface area contributed by atoms with Gasteiger partial charge in [-0.2, -0.15) is 0 Å². The van der Waals surface area contributed by atoms with Crippen LogP contribution in [0.4, 0.5) is 0 Å². The summed E-state index contributed by atoms with van der Waals surface area (Å²) in [5.74, 6) is 0. The van der Waals surface area contributed by atoms with E-state index in [1.807, 2.05) is 13.1 Å². The van der Waals surface area contributed by atoms with Crippen molar-refractivity contribution in [1.29, 1.82) is 0 Å². The summed E-state index contributed by atoms with van der Waals surface area (Å²) in [5, 5.41) is 0. The first kappa shape index (κ1) is 12.7. The Kier molecular flexibility index (Phi) is 6.00. The second-order valence-corrected chi connectivity index (χ2v) is 7.83. The van der Waals surface area contributed by atoms with Gasteiger partial charge in [0.1, 0.15) is 0 Å². The summed E-state index contributed by atoms with van der Waals surface area (Å²) in [4.78, 5) is 9.97. The fourth-order valence-corrected chi connectivity index (χ4v) is 2.31. The van der Waals surface area contributed by atoms with Gasteiger partial charge in [0, 0.05) is 5.54 Å². The molecule has 1 nitrogen and oxygen atoms in total. The fourth-order valence-electron chi connectivity index (χ4n) is 1.10. The van der Waals surface area contributed by atoms with E-state index in [2.05, 4.69) is 38.2 Å². The lowest BCUT2D eigenvalue weighted by atomic mass is 10.3. The van der Waals surface area contributed by atoms with E-state index in [9.17, 15) is 4.80 Å². The molecule has 76 valence electrons. The highest BCUT2D eigenvalue weighted by Gasteiger charge is 2.25. The summed E-state index contributed by atoms with van der Waals surface area (Å²) in [6.07, 6.45) is 10.6. The molecule has 0 aromatic heterocycles. The summed E-state index contributed by atoms with van der Waals surface area (Å²) in [5.41, 5.74) is 0.271. The van der Waals surface area contributed by atoms with Gasteiger partial charge in [-0.25, -0.2) is 0 Å². The lowest BCUT2D eigenvalue weighted by Gasteiger charge is -2.20. The zero-order valence-corrected chi connectivity index (χ0v) is 10.2. The van der Waals surface area contributed by atoms with E-state index in [1.54, 1.807) is 0 Å². The van der Waals surface area contributed by atoms with Gasteiger partial charge in [-0.1, -0.05) is 38.2 Å². The van der Waals surface area contributed by atoms with Crippen LogP contribution in [0, 0.1) is 0 Å². The van der Waals surface area contributed by atoms with Gasteiger partial charge < -0.3 is 4.80 Å². The molecule has 0 unspecified atom stereocenters. The van der Waals surface area contributed by atoms with Crippen molar-refractivity contribution in [1.82, 2.24) is 0 Å². The molecule has 0 heterocycles. The molecule has 0 amide bonds. The highest BCUT2D eigenvalue weighted by molar-refractivity contribution is 6.72. The molecule has 13 heavy (non-hydrogen) atoms. The van der Waals surface area contributed by atoms with Crippen molar-refractivity contribution < 1.29 is 4.80 Å². The molecule has 2 heteroatoms. The molecule has 0 aliphatic carbocycles. The molecule has 0 aliphatic rings. The van der Waals surface area contributed by atoms with Crippen LogP contribution in [-0.2, 0) is 0 Å². The second-order valence-electron chi connectivity index (χ2n) is 3.85. The summed E-state index contributed by atoms with van der Waals surface area (Å²) in [7, 11) is -2.03. The van der Waals surface area contributed by atoms with Gasteiger partial charge in [-0.05, 0) is 25.9 Å². The molecule has 0 fully saturated rings. The van der Waals surface area contributed by atoms with E-state index >= 15 is 0 Å². The quantitative estimate of drug-likeness (QED) is 0.529.